The molecule has 0 bridgehead atoms. The molecule has 0 saturated carbocycles. The molecular formula is C9H14O4. The van der Waals surface area contributed by atoms with Crippen LogP contribution in [-0.4, -0.2) is 33.1 Å². The van der Waals surface area contributed by atoms with Gasteiger partial charge in [0.1, 0.15) is 0 Å². The fourth-order valence-electron chi connectivity index (χ4n) is 1.18. The van der Waals surface area contributed by atoms with Gasteiger partial charge in [0.2, 0.25) is 0 Å². The summed E-state index contributed by atoms with van der Waals surface area (Å²) < 4.78 is 14.8. The van der Waals surface area contributed by atoms with Gasteiger partial charge < -0.3 is 14.2 Å². The second kappa shape index (κ2) is 4.99. The van der Waals surface area contributed by atoms with Gasteiger partial charge in [-0.1, -0.05) is 0 Å². The molecule has 0 N–H and O–H groups in total. The Morgan fingerprint density at radius 3 is 2.85 bits per heavy atom. The second-order valence-electron chi connectivity index (χ2n) is 2.84. The van der Waals surface area contributed by atoms with Crippen molar-refractivity contribution < 1.29 is 19.0 Å². The van der Waals surface area contributed by atoms with E-state index < -0.39 is 0 Å². The van der Waals surface area contributed by atoms with E-state index in [1.165, 1.54) is 13.2 Å². The third kappa shape index (κ3) is 3.16. The van der Waals surface area contributed by atoms with E-state index in [1.54, 1.807) is 7.11 Å². The highest BCUT2D eigenvalue weighted by Crippen LogP contribution is 2.18. The largest absolute Gasteiger partial charge is 0.466 e. The van der Waals surface area contributed by atoms with E-state index >= 15 is 0 Å². The topological polar surface area (TPSA) is 44.8 Å². The number of carbonyl (C=O) groups excluding carboxylic acids is 1. The van der Waals surface area contributed by atoms with Gasteiger partial charge >= 0.3 is 5.97 Å². The summed E-state index contributed by atoms with van der Waals surface area (Å²) in [4.78, 5) is 10.8. The van der Waals surface area contributed by atoms with Crippen molar-refractivity contribution in [2.75, 3.05) is 20.8 Å². The highest BCUT2D eigenvalue weighted by atomic mass is 16.7. The van der Waals surface area contributed by atoms with Crippen LogP contribution in [0, 0.1) is 0 Å². The Hall–Kier alpha value is -0.870. The van der Waals surface area contributed by atoms with E-state index in [1.807, 2.05) is 0 Å². The zero-order valence-electron chi connectivity index (χ0n) is 7.91. The highest BCUT2D eigenvalue weighted by Gasteiger charge is 2.16. The van der Waals surface area contributed by atoms with Gasteiger partial charge in [0.25, 0.3) is 0 Å². The van der Waals surface area contributed by atoms with E-state index in [0.29, 0.717) is 6.61 Å². The van der Waals surface area contributed by atoms with Crippen molar-refractivity contribution in [2.45, 2.75) is 19.1 Å². The molecule has 0 aromatic heterocycles. The van der Waals surface area contributed by atoms with Crippen LogP contribution in [-0.2, 0) is 19.0 Å². The predicted molar refractivity (Wildman–Crippen MR) is 46.1 cm³/mol. The molecule has 1 saturated heterocycles. The van der Waals surface area contributed by atoms with Crippen molar-refractivity contribution >= 4 is 5.97 Å². The van der Waals surface area contributed by atoms with Crippen molar-refractivity contribution in [3.05, 3.63) is 11.6 Å². The monoisotopic (exact) mass is 186 g/mol. The van der Waals surface area contributed by atoms with Gasteiger partial charge in [0.15, 0.2) is 6.29 Å². The van der Waals surface area contributed by atoms with Gasteiger partial charge in [-0.05, 0) is 12.0 Å². The Morgan fingerprint density at radius 1 is 1.62 bits per heavy atom. The lowest BCUT2D eigenvalue weighted by Crippen LogP contribution is -2.22. The summed E-state index contributed by atoms with van der Waals surface area (Å²) in [6.45, 7) is 0.452. The molecule has 1 aliphatic heterocycles. The molecule has 1 aliphatic rings. The van der Waals surface area contributed by atoms with Crippen LogP contribution >= 0.6 is 0 Å². The van der Waals surface area contributed by atoms with Gasteiger partial charge in [-0.2, -0.15) is 0 Å². The molecule has 0 amide bonds. The van der Waals surface area contributed by atoms with E-state index in [-0.39, 0.29) is 12.3 Å². The zero-order chi connectivity index (χ0) is 9.68. The van der Waals surface area contributed by atoms with Gasteiger partial charge in [0.05, 0.1) is 13.7 Å². The first-order chi connectivity index (χ1) is 6.26. The van der Waals surface area contributed by atoms with E-state index in [0.717, 1.165) is 18.4 Å². The Kier molecular flexibility index (Phi) is 3.92. The minimum Gasteiger partial charge on any atom is -0.466 e. The fourth-order valence-corrected chi connectivity index (χ4v) is 1.18. The van der Waals surface area contributed by atoms with E-state index in [2.05, 4.69) is 4.74 Å². The Labute approximate surface area is 77.5 Å². The number of hydrogen-bond acceptors (Lipinski definition) is 4. The van der Waals surface area contributed by atoms with Crippen molar-refractivity contribution in [3.63, 3.8) is 0 Å². The SMILES string of the molecule is COC(=O)/C=C1\CCC(OC)OC1. The summed E-state index contributed by atoms with van der Waals surface area (Å²) >= 11 is 0. The molecule has 1 fully saturated rings. The average Bonchev–Trinajstić information content (AvgIpc) is 2.19. The molecule has 1 unspecified atom stereocenters. The molecule has 13 heavy (non-hydrogen) atoms. The van der Waals surface area contributed by atoms with Crippen LogP contribution in [0.4, 0.5) is 0 Å². The smallest absolute Gasteiger partial charge is 0.330 e. The zero-order valence-corrected chi connectivity index (χ0v) is 7.91. The quantitative estimate of drug-likeness (QED) is 0.474. The van der Waals surface area contributed by atoms with Crippen LogP contribution in [0.25, 0.3) is 0 Å². The minimum absolute atomic E-state index is 0.130. The van der Waals surface area contributed by atoms with Crippen molar-refractivity contribution in [1.82, 2.24) is 0 Å². The number of rotatable bonds is 2. The maximum atomic E-state index is 10.8. The molecule has 4 nitrogen and oxygen atoms in total. The molecule has 1 atom stereocenters. The van der Waals surface area contributed by atoms with Crippen molar-refractivity contribution in [2.24, 2.45) is 0 Å². The van der Waals surface area contributed by atoms with E-state index in [4.69, 9.17) is 9.47 Å². The van der Waals surface area contributed by atoms with Gasteiger partial charge in [0, 0.05) is 19.6 Å². The van der Waals surface area contributed by atoms with Crippen LogP contribution < -0.4 is 0 Å². The summed E-state index contributed by atoms with van der Waals surface area (Å²) in [7, 11) is 2.97. The lowest BCUT2D eigenvalue weighted by molar-refractivity contribution is -0.137. The third-order valence-corrected chi connectivity index (χ3v) is 1.94. The summed E-state index contributed by atoms with van der Waals surface area (Å²) in [5.41, 5.74) is 0.958. The summed E-state index contributed by atoms with van der Waals surface area (Å²) in [5.74, 6) is -0.325. The van der Waals surface area contributed by atoms with E-state index in [9.17, 15) is 4.79 Å². The molecule has 0 aliphatic carbocycles. The van der Waals surface area contributed by atoms with Crippen molar-refractivity contribution in [3.8, 4) is 0 Å². The molecule has 0 radical (unpaired) electrons. The van der Waals surface area contributed by atoms with Crippen LogP contribution in [0.15, 0.2) is 11.6 Å². The molecule has 0 spiro atoms. The average molecular weight is 186 g/mol. The van der Waals surface area contributed by atoms with Gasteiger partial charge in [-0.15, -0.1) is 0 Å². The van der Waals surface area contributed by atoms with Crippen LogP contribution in [0.1, 0.15) is 12.8 Å². The lowest BCUT2D eigenvalue weighted by atomic mass is 10.1. The number of carbonyl (C=O) groups is 1. The standard InChI is InChI=1S/C9H14O4/c1-11-8(10)5-7-3-4-9(12-2)13-6-7/h5,9H,3-4,6H2,1-2H3/b7-5+. The number of methoxy groups -OCH3 is 2. The molecule has 1 heterocycles. The highest BCUT2D eigenvalue weighted by molar-refractivity contribution is 5.82. The van der Waals surface area contributed by atoms with Gasteiger partial charge in [-0.3, -0.25) is 0 Å². The molecule has 0 aromatic carbocycles. The summed E-state index contributed by atoms with van der Waals surface area (Å²) in [6.07, 6.45) is 2.97. The molecule has 4 heteroatoms. The Morgan fingerprint density at radius 2 is 2.38 bits per heavy atom. The summed E-state index contributed by atoms with van der Waals surface area (Å²) in [5, 5.41) is 0. The maximum Gasteiger partial charge on any atom is 0.330 e. The predicted octanol–water partition coefficient (Wildman–Crippen LogP) is 0.869. The Balaban J connectivity index is 2.40. The minimum atomic E-state index is -0.325. The van der Waals surface area contributed by atoms with Crippen molar-refractivity contribution in [1.29, 1.82) is 0 Å². The lowest BCUT2D eigenvalue weighted by Gasteiger charge is -2.22. The molecule has 1 rings (SSSR count). The summed E-state index contributed by atoms with van der Waals surface area (Å²) in [6, 6.07) is 0. The first-order valence-electron chi connectivity index (χ1n) is 4.18. The van der Waals surface area contributed by atoms with Crippen LogP contribution in [0.2, 0.25) is 0 Å². The van der Waals surface area contributed by atoms with Gasteiger partial charge in [-0.25, -0.2) is 4.79 Å². The third-order valence-electron chi connectivity index (χ3n) is 1.94. The molecular weight excluding hydrogens is 172 g/mol. The van der Waals surface area contributed by atoms with Crippen LogP contribution in [0.5, 0.6) is 0 Å². The fraction of sp³-hybridized carbons (Fsp3) is 0.667. The second-order valence-corrected chi connectivity index (χ2v) is 2.84. The Bertz CT molecular complexity index is 200. The number of ether oxygens (including phenoxy) is 3. The number of esters is 1. The normalized spacial score (nSPS) is 26.0. The first-order valence-corrected chi connectivity index (χ1v) is 4.18. The molecule has 0 aromatic rings. The van der Waals surface area contributed by atoms with Crippen LogP contribution in [0.3, 0.4) is 0 Å². The molecule has 74 valence electrons. The maximum absolute atomic E-state index is 10.8. The first kappa shape index (κ1) is 10.2. The number of hydrogen-bond donors (Lipinski definition) is 0.